The molecule has 8 N–H and O–H groups in total. The maximum absolute atomic E-state index is 11.8. The Balaban J connectivity index is 2.67. The van der Waals surface area contributed by atoms with Crippen LogP contribution >= 0.6 is 0 Å². The average molecular weight is 409 g/mol. The van der Waals surface area contributed by atoms with Crippen LogP contribution < -0.4 is 5.73 Å². The molecule has 0 aliphatic carbocycles. The van der Waals surface area contributed by atoms with E-state index in [1.165, 1.54) is 6.92 Å². The number of aliphatic carboxylic acids is 2. The molecule has 0 radical (unpaired) electrons. The zero-order valence-corrected chi connectivity index (χ0v) is 15.3. The second kappa shape index (κ2) is 10.1. The molecule has 0 bridgehead atoms. The molecular formula is C16H27NO11. The van der Waals surface area contributed by atoms with Crippen LogP contribution in [0, 0.1) is 11.8 Å². The van der Waals surface area contributed by atoms with E-state index >= 15 is 0 Å². The van der Waals surface area contributed by atoms with Crippen LogP contribution in [0.25, 0.3) is 0 Å². The quantitative estimate of drug-likeness (QED) is 0.148. The highest BCUT2D eigenvalue weighted by Crippen LogP contribution is 2.35. The summed E-state index contributed by atoms with van der Waals surface area (Å²) in [6.45, 7) is 0.942. The normalized spacial score (nSPS) is 30.9. The SMILES string of the molecule is C[C@H](CCC(=O)O)C(=O)OC[C@@H](O)CC1OC(O)(C(=O)O)CC(O)C1[C@@H](N)O. The van der Waals surface area contributed by atoms with Crippen molar-refractivity contribution in [2.75, 3.05) is 6.61 Å². The number of carboxylic acids is 2. The number of ether oxygens (including phenoxy) is 2. The molecule has 12 nitrogen and oxygen atoms in total. The largest absolute Gasteiger partial charge is 0.481 e. The standard InChI is InChI=1S/C16H27NO11/c1-7(2-3-11(20)21)14(23)27-6-8(18)4-10-12(13(17)22)9(19)5-16(26,28-10)15(24)25/h7-10,12-13,18-19,22,26H,2-6,17H2,1H3,(H,20,21)(H,24,25)/t7-,8+,9?,10?,12?,13+,16?/m1/s1. The molecule has 1 aliphatic heterocycles. The monoisotopic (exact) mass is 409 g/mol. The summed E-state index contributed by atoms with van der Waals surface area (Å²) in [5.41, 5.74) is 5.38. The Bertz CT molecular complexity index is 569. The first-order valence-electron chi connectivity index (χ1n) is 8.69. The van der Waals surface area contributed by atoms with Crippen molar-refractivity contribution in [1.82, 2.24) is 0 Å². The first kappa shape index (κ1) is 24.2. The van der Waals surface area contributed by atoms with Gasteiger partial charge in [0.05, 0.1) is 30.1 Å². The van der Waals surface area contributed by atoms with E-state index in [1.54, 1.807) is 0 Å². The zero-order valence-electron chi connectivity index (χ0n) is 15.3. The molecule has 1 fully saturated rings. The highest BCUT2D eigenvalue weighted by atomic mass is 16.7. The molecule has 0 aromatic heterocycles. The Kier molecular flexibility index (Phi) is 8.73. The fraction of sp³-hybridized carbons (Fsp3) is 0.812. The van der Waals surface area contributed by atoms with Gasteiger partial charge in [-0.15, -0.1) is 0 Å². The molecule has 162 valence electrons. The van der Waals surface area contributed by atoms with E-state index in [4.69, 9.17) is 25.4 Å². The van der Waals surface area contributed by atoms with E-state index in [0.717, 1.165) is 0 Å². The van der Waals surface area contributed by atoms with Crippen molar-refractivity contribution in [3.05, 3.63) is 0 Å². The second-order valence-electron chi connectivity index (χ2n) is 6.94. The fourth-order valence-electron chi connectivity index (χ4n) is 2.95. The Hall–Kier alpha value is -1.83. The first-order valence-corrected chi connectivity index (χ1v) is 8.69. The number of hydrogen-bond donors (Lipinski definition) is 7. The maximum atomic E-state index is 11.8. The van der Waals surface area contributed by atoms with Crippen molar-refractivity contribution >= 4 is 17.9 Å². The first-order chi connectivity index (χ1) is 12.9. The van der Waals surface area contributed by atoms with Gasteiger partial charge in [-0.05, 0) is 6.42 Å². The third kappa shape index (κ3) is 6.65. The number of aliphatic hydroxyl groups excluding tert-OH is 3. The van der Waals surface area contributed by atoms with Gasteiger partial charge in [-0.2, -0.15) is 0 Å². The zero-order chi connectivity index (χ0) is 21.6. The molecule has 0 amide bonds. The van der Waals surface area contributed by atoms with E-state index in [1.807, 2.05) is 0 Å². The van der Waals surface area contributed by atoms with Gasteiger partial charge in [0.15, 0.2) is 0 Å². The van der Waals surface area contributed by atoms with Crippen molar-refractivity contribution in [3.63, 3.8) is 0 Å². The molecule has 7 atom stereocenters. The third-order valence-electron chi connectivity index (χ3n) is 4.55. The molecule has 0 saturated carbocycles. The van der Waals surface area contributed by atoms with Crippen LogP contribution in [-0.4, -0.2) is 85.5 Å². The minimum absolute atomic E-state index is 0.0509. The summed E-state index contributed by atoms with van der Waals surface area (Å²) in [4.78, 5) is 33.5. The smallest absolute Gasteiger partial charge is 0.364 e. The number of carbonyl (C=O) groups excluding carboxylic acids is 1. The van der Waals surface area contributed by atoms with Crippen LogP contribution in [0.4, 0.5) is 0 Å². The summed E-state index contributed by atoms with van der Waals surface area (Å²) in [6, 6.07) is 0. The Morgan fingerprint density at radius 2 is 1.89 bits per heavy atom. The third-order valence-corrected chi connectivity index (χ3v) is 4.55. The van der Waals surface area contributed by atoms with Gasteiger partial charge in [-0.25, -0.2) is 4.79 Å². The van der Waals surface area contributed by atoms with Crippen LogP contribution in [0.2, 0.25) is 0 Å². The van der Waals surface area contributed by atoms with Crippen molar-refractivity contribution in [3.8, 4) is 0 Å². The number of carboxylic acid groups (broad SMARTS) is 2. The van der Waals surface area contributed by atoms with Gasteiger partial charge in [-0.1, -0.05) is 6.92 Å². The summed E-state index contributed by atoms with van der Waals surface area (Å²) in [6.07, 6.45) is -7.18. The molecule has 0 spiro atoms. The predicted molar refractivity (Wildman–Crippen MR) is 89.4 cm³/mol. The van der Waals surface area contributed by atoms with Crippen LogP contribution in [-0.2, 0) is 23.9 Å². The van der Waals surface area contributed by atoms with Gasteiger partial charge in [-0.3, -0.25) is 9.59 Å². The number of carbonyl (C=O) groups is 3. The number of hydrogen-bond acceptors (Lipinski definition) is 10. The minimum Gasteiger partial charge on any atom is -0.481 e. The van der Waals surface area contributed by atoms with Crippen LogP contribution in [0.5, 0.6) is 0 Å². The lowest BCUT2D eigenvalue weighted by Crippen LogP contribution is -2.60. The van der Waals surface area contributed by atoms with Gasteiger partial charge in [0.1, 0.15) is 12.8 Å². The molecular weight excluding hydrogens is 382 g/mol. The molecule has 1 heterocycles. The van der Waals surface area contributed by atoms with E-state index in [9.17, 15) is 34.8 Å². The molecule has 12 heteroatoms. The fourth-order valence-corrected chi connectivity index (χ4v) is 2.95. The lowest BCUT2D eigenvalue weighted by molar-refractivity contribution is -0.296. The Morgan fingerprint density at radius 3 is 2.39 bits per heavy atom. The van der Waals surface area contributed by atoms with Gasteiger partial charge >= 0.3 is 17.9 Å². The van der Waals surface area contributed by atoms with Gasteiger partial charge in [0, 0.05) is 19.3 Å². The van der Waals surface area contributed by atoms with Gasteiger partial charge < -0.3 is 45.8 Å². The van der Waals surface area contributed by atoms with Crippen LogP contribution in [0.15, 0.2) is 0 Å². The lowest BCUT2D eigenvalue weighted by atomic mass is 9.83. The van der Waals surface area contributed by atoms with E-state index in [0.29, 0.717) is 0 Å². The van der Waals surface area contributed by atoms with Crippen molar-refractivity contribution < 1.29 is 54.5 Å². The van der Waals surface area contributed by atoms with Crippen LogP contribution in [0.3, 0.4) is 0 Å². The summed E-state index contributed by atoms with van der Waals surface area (Å²) in [7, 11) is 0. The summed E-state index contributed by atoms with van der Waals surface area (Å²) < 4.78 is 9.95. The number of rotatable bonds is 10. The van der Waals surface area contributed by atoms with Crippen molar-refractivity contribution in [2.45, 2.75) is 62.9 Å². The van der Waals surface area contributed by atoms with Crippen molar-refractivity contribution in [1.29, 1.82) is 0 Å². The number of esters is 1. The maximum Gasteiger partial charge on any atom is 0.364 e. The molecule has 0 aromatic carbocycles. The highest BCUT2D eigenvalue weighted by Gasteiger charge is 2.52. The van der Waals surface area contributed by atoms with Gasteiger partial charge in [0.25, 0.3) is 5.79 Å². The van der Waals surface area contributed by atoms with Gasteiger partial charge in [0.2, 0.25) is 0 Å². The highest BCUT2D eigenvalue weighted by molar-refractivity contribution is 5.75. The average Bonchev–Trinajstić information content (AvgIpc) is 2.56. The molecule has 0 aromatic rings. The topological polar surface area (TPSA) is 217 Å². The summed E-state index contributed by atoms with van der Waals surface area (Å²) in [5.74, 6) is -8.19. The molecule has 1 rings (SSSR count). The number of nitrogens with two attached hydrogens (primary N) is 1. The second-order valence-corrected chi connectivity index (χ2v) is 6.94. The molecule has 1 aliphatic rings. The van der Waals surface area contributed by atoms with E-state index in [-0.39, 0.29) is 12.8 Å². The van der Waals surface area contributed by atoms with Crippen molar-refractivity contribution in [2.24, 2.45) is 17.6 Å². The summed E-state index contributed by atoms with van der Waals surface area (Å²) in [5, 5.41) is 57.4. The number of aliphatic hydroxyl groups is 4. The molecule has 28 heavy (non-hydrogen) atoms. The molecule has 1 saturated heterocycles. The summed E-state index contributed by atoms with van der Waals surface area (Å²) >= 11 is 0. The van der Waals surface area contributed by atoms with E-state index in [2.05, 4.69) is 0 Å². The predicted octanol–water partition coefficient (Wildman–Crippen LogP) is -2.40. The van der Waals surface area contributed by atoms with E-state index < -0.39 is 79.5 Å². The van der Waals surface area contributed by atoms with Crippen LogP contribution in [0.1, 0.15) is 32.6 Å². The lowest BCUT2D eigenvalue weighted by Gasteiger charge is -2.43. The molecule has 4 unspecified atom stereocenters. The Labute approximate surface area is 160 Å². The Morgan fingerprint density at radius 1 is 1.29 bits per heavy atom. The minimum atomic E-state index is -2.72.